The zero-order chi connectivity index (χ0) is 29.7. The summed E-state index contributed by atoms with van der Waals surface area (Å²) in [5, 5.41) is 33.4. The monoisotopic (exact) mass is 580 g/mol. The number of sulfonamides is 1. The Hall–Kier alpha value is -3.61. The molecule has 0 heterocycles. The Morgan fingerprint density at radius 3 is 2.02 bits per heavy atom. The number of aromatic hydroxyl groups is 2. The number of phenolic OH excluding ortho intramolecular Hbond substituents is 2. The summed E-state index contributed by atoms with van der Waals surface area (Å²) in [6.07, 6.45) is -5.97. The quantitative estimate of drug-likeness (QED) is 0.270. The minimum atomic E-state index is -4.63. The predicted molar refractivity (Wildman–Crippen MR) is 142 cm³/mol. The van der Waals surface area contributed by atoms with Crippen LogP contribution in [0.1, 0.15) is 35.3 Å². The third-order valence-corrected chi connectivity index (χ3v) is 7.87. The van der Waals surface area contributed by atoms with Crippen molar-refractivity contribution in [2.45, 2.75) is 43.5 Å². The summed E-state index contributed by atoms with van der Waals surface area (Å²) in [6, 6.07) is 14.2. The first-order valence-electron chi connectivity index (χ1n) is 12.4. The van der Waals surface area contributed by atoms with Gasteiger partial charge in [-0.1, -0.05) is 44.2 Å². The molecular weight excluding hydrogens is 549 g/mol. The number of hydrogen-bond donors (Lipinski definition) is 4. The summed E-state index contributed by atoms with van der Waals surface area (Å²) >= 11 is 0. The first-order valence-corrected chi connectivity index (χ1v) is 13.8. The number of halogens is 3. The van der Waals surface area contributed by atoms with Gasteiger partial charge in [-0.2, -0.15) is 17.5 Å². The Bertz CT molecular complexity index is 1380. The average molecular weight is 581 g/mol. The van der Waals surface area contributed by atoms with Gasteiger partial charge >= 0.3 is 6.18 Å². The highest BCUT2D eigenvalue weighted by Gasteiger charge is 2.34. The molecule has 8 nitrogen and oxygen atoms in total. The molecule has 12 heteroatoms. The normalized spacial score (nSPS) is 13.8. The van der Waals surface area contributed by atoms with E-state index in [4.69, 9.17) is 0 Å². The Kier molecular flexibility index (Phi) is 9.82. The second-order valence-corrected chi connectivity index (χ2v) is 11.8. The molecule has 2 atom stereocenters. The van der Waals surface area contributed by atoms with Crippen LogP contribution < -0.4 is 5.32 Å². The molecule has 1 amide bonds. The van der Waals surface area contributed by atoms with Crippen molar-refractivity contribution in [3.05, 3.63) is 89.5 Å². The minimum Gasteiger partial charge on any atom is -0.508 e. The smallest absolute Gasteiger partial charge is 0.416 e. The number of carbonyl (C=O) groups is 1. The van der Waals surface area contributed by atoms with Crippen molar-refractivity contribution >= 4 is 15.9 Å². The van der Waals surface area contributed by atoms with E-state index >= 15 is 0 Å². The molecular formula is C28H31F3N2O6S. The third-order valence-electron chi connectivity index (χ3n) is 6.02. The molecule has 0 bridgehead atoms. The summed E-state index contributed by atoms with van der Waals surface area (Å²) in [6.45, 7) is 2.98. The summed E-state index contributed by atoms with van der Waals surface area (Å²) in [7, 11) is -4.32. The molecule has 0 saturated carbocycles. The van der Waals surface area contributed by atoms with E-state index in [9.17, 15) is 41.7 Å². The van der Waals surface area contributed by atoms with Crippen LogP contribution in [0.15, 0.2) is 77.7 Å². The number of aliphatic hydroxyl groups is 1. The van der Waals surface area contributed by atoms with Crippen molar-refractivity contribution in [1.29, 1.82) is 0 Å². The lowest BCUT2D eigenvalue weighted by Crippen LogP contribution is -2.51. The van der Waals surface area contributed by atoms with Gasteiger partial charge in [0, 0.05) is 24.7 Å². The summed E-state index contributed by atoms with van der Waals surface area (Å²) in [5.74, 6) is -1.63. The number of benzene rings is 3. The molecule has 3 rings (SSSR count). The SMILES string of the molecule is CC(C)CN(C[C@@H](O)[C@H](Cc1ccccc1)NC(=O)c1cc(O)cc(O)c1)S(=O)(=O)c1ccc(C(F)(F)F)cc1. The summed E-state index contributed by atoms with van der Waals surface area (Å²) < 4.78 is 66.9. The fourth-order valence-corrected chi connectivity index (χ4v) is 5.73. The van der Waals surface area contributed by atoms with Gasteiger partial charge < -0.3 is 20.6 Å². The Morgan fingerprint density at radius 1 is 0.925 bits per heavy atom. The van der Waals surface area contributed by atoms with E-state index in [2.05, 4.69) is 5.32 Å². The van der Waals surface area contributed by atoms with Crippen LogP contribution in [0.25, 0.3) is 0 Å². The Balaban J connectivity index is 1.91. The highest BCUT2D eigenvalue weighted by molar-refractivity contribution is 7.89. The van der Waals surface area contributed by atoms with Gasteiger partial charge in [-0.15, -0.1) is 0 Å². The Morgan fingerprint density at radius 2 is 1.50 bits per heavy atom. The number of nitrogens with one attached hydrogen (secondary N) is 1. The van der Waals surface area contributed by atoms with Crippen LogP contribution in [0.5, 0.6) is 11.5 Å². The van der Waals surface area contributed by atoms with Gasteiger partial charge in [0.2, 0.25) is 10.0 Å². The summed E-state index contributed by atoms with van der Waals surface area (Å²) in [5.41, 5.74) is -0.351. The van der Waals surface area contributed by atoms with Crippen LogP contribution in [-0.4, -0.2) is 59.2 Å². The van der Waals surface area contributed by atoms with Crippen LogP contribution in [0.4, 0.5) is 13.2 Å². The molecule has 3 aromatic carbocycles. The van der Waals surface area contributed by atoms with Gasteiger partial charge in [0.25, 0.3) is 5.91 Å². The van der Waals surface area contributed by atoms with Gasteiger partial charge in [-0.25, -0.2) is 8.42 Å². The molecule has 0 aliphatic rings. The zero-order valence-corrected chi connectivity index (χ0v) is 22.7. The molecule has 216 valence electrons. The van der Waals surface area contributed by atoms with Crippen LogP contribution in [0, 0.1) is 5.92 Å². The number of carbonyl (C=O) groups excluding carboxylic acids is 1. The minimum absolute atomic E-state index is 0.0488. The molecule has 0 saturated heterocycles. The van der Waals surface area contributed by atoms with Gasteiger partial charge in [0.05, 0.1) is 22.6 Å². The number of nitrogens with zero attached hydrogens (tertiary/aromatic N) is 1. The molecule has 3 aromatic rings. The lowest BCUT2D eigenvalue weighted by molar-refractivity contribution is -0.137. The maximum atomic E-state index is 13.5. The van der Waals surface area contributed by atoms with Crippen molar-refractivity contribution in [1.82, 2.24) is 9.62 Å². The van der Waals surface area contributed by atoms with E-state index in [0.29, 0.717) is 12.1 Å². The van der Waals surface area contributed by atoms with Crippen LogP contribution in [0.3, 0.4) is 0 Å². The van der Waals surface area contributed by atoms with Gasteiger partial charge in [0.15, 0.2) is 0 Å². The second-order valence-electron chi connectivity index (χ2n) is 9.81. The largest absolute Gasteiger partial charge is 0.508 e. The number of aliphatic hydroxyl groups excluding tert-OH is 1. The zero-order valence-electron chi connectivity index (χ0n) is 21.8. The number of alkyl halides is 3. The van der Waals surface area contributed by atoms with Crippen LogP contribution in [-0.2, 0) is 22.6 Å². The predicted octanol–water partition coefficient (Wildman–Crippen LogP) is 4.17. The van der Waals surface area contributed by atoms with E-state index in [-0.39, 0.29) is 40.8 Å². The lowest BCUT2D eigenvalue weighted by Gasteiger charge is -2.31. The van der Waals surface area contributed by atoms with Crippen molar-refractivity contribution in [3.8, 4) is 11.5 Å². The van der Waals surface area contributed by atoms with E-state index in [1.54, 1.807) is 44.2 Å². The number of rotatable bonds is 11. The van der Waals surface area contributed by atoms with Gasteiger partial charge in [0.1, 0.15) is 11.5 Å². The molecule has 4 N–H and O–H groups in total. The molecule has 40 heavy (non-hydrogen) atoms. The maximum Gasteiger partial charge on any atom is 0.416 e. The van der Waals surface area contributed by atoms with Crippen molar-refractivity contribution in [3.63, 3.8) is 0 Å². The maximum absolute atomic E-state index is 13.5. The molecule has 0 aliphatic heterocycles. The standard InChI is InChI=1S/C28H31F3N2O6S/c1-18(2)16-33(40(38,39)24-10-8-21(9-11-24)28(29,30)31)17-26(36)25(12-19-6-4-3-5-7-19)32-27(37)20-13-22(34)15-23(35)14-20/h3-11,13-15,18,25-26,34-36H,12,16-17H2,1-2H3,(H,32,37)/t25-,26+/m0/s1. The highest BCUT2D eigenvalue weighted by Crippen LogP contribution is 2.30. The van der Waals surface area contributed by atoms with E-state index in [0.717, 1.165) is 40.2 Å². The van der Waals surface area contributed by atoms with E-state index in [1.807, 2.05) is 0 Å². The second kappa shape index (κ2) is 12.7. The van der Waals surface area contributed by atoms with Gasteiger partial charge in [-0.05, 0) is 54.3 Å². The Labute approximate surface area is 230 Å². The van der Waals surface area contributed by atoms with Crippen LogP contribution >= 0.6 is 0 Å². The average Bonchev–Trinajstić information content (AvgIpc) is 2.87. The first kappa shape index (κ1) is 30.9. The van der Waals surface area contributed by atoms with Crippen LogP contribution in [0.2, 0.25) is 0 Å². The topological polar surface area (TPSA) is 127 Å². The van der Waals surface area contributed by atoms with Gasteiger partial charge in [-0.3, -0.25) is 4.79 Å². The number of phenols is 2. The summed E-state index contributed by atoms with van der Waals surface area (Å²) in [4.78, 5) is 12.6. The van der Waals surface area contributed by atoms with Crippen molar-refractivity contribution in [2.24, 2.45) is 5.92 Å². The number of amides is 1. The molecule has 0 aromatic heterocycles. The molecule has 0 aliphatic carbocycles. The molecule has 0 fully saturated rings. The van der Waals surface area contributed by atoms with E-state index in [1.165, 1.54) is 0 Å². The fraction of sp³-hybridized carbons (Fsp3) is 0.321. The highest BCUT2D eigenvalue weighted by atomic mass is 32.2. The molecule has 0 radical (unpaired) electrons. The fourth-order valence-electron chi connectivity index (χ4n) is 4.11. The van der Waals surface area contributed by atoms with Crippen molar-refractivity contribution < 1.29 is 41.7 Å². The lowest BCUT2D eigenvalue weighted by atomic mass is 10.00. The first-order chi connectivity index (χ1) is 18.7. The molecule has 0 unspecified atom stereocenters. The number of hydrogen-bond acceptors (Lipinski definition) is 6. The van der Waals surface area contributed by atoms with E-state index < -0.39 is 46.4 Å². The van der Waals surface area contributed by atoms with Crippen molar-refractivity contribution in [2.75, 3.05) is 13.1 Å². The molecule has 0 spiro atoms. The third kappa shape index (κ3) is 8.20.